The van der Waals surface area contributed by atoms with Crippen molar-refractivity contribution in [3.8, 4) is 11.4 Å². The molecular weight excluding hydrogens is 453 g/mol. The van der Waals surface area contributed by atoms with Crippen LogP contribution in [-0.4, -0.2) is 65.9 Å². The lowest BCUT2D eigenvalue weighted by molar-refractivity contribution is 0.0500. The Kier molecular flexibility index (Phi) is 5.91. The predicted octanol–water partition coefficient (Wildman–Crippen LogP) is 2.46. The summed E-state index contributed by atoms with van der Waals surface area (Å²) in [7, 11) is 3.02. The first-order valence-electron chi connectivity index (χ1n) is 11.8. The summed E-state index contributed by atoms with van der Waals surface area (Å²) in [5.74, 6) is 0.354. The van der Waals surface area contributed by atoms with Crippen molar-refractivity contribution in [3.05, 3.63) is 40.7 Å². The second-order valence-corrected chi connectivity index (χ2v) is 9.78. The Morgan fingerprint density at radius 3 is 2.83 bits per heavy atom. The van der Waals surface area contributed by atoms with Crippen LogP contribution in [0.4, 0.5) is 21.8 Å². The second-order valence-electron chi connectivity index (χ2n) is 9.78. The minimum Gasteiger partial charge on any atom is -0.494 e. The molecule has 11 nitrogen and oxygen atoms in total. The highest BCUT2D eigenvalue weighted by molar-refractivity contribution is 5.62. The van der Waals surface area contributed by atoms with Gasteiger partial charge in [0.2, 0.25) is 5.95 Å². The van der Waals surface area contributed by atoms with Crippen molar-refractivity contribution in [1.29, 1.82) is 0 Å². The third-order valence-electron chi connectivity index (χ3n) is 6.93. The second kappa shape index (κ2) is 8.91. The molecule has 2 N–H and O–H groups in total. The van der Waals surface area contributed by atoms with Gasteiger partial charge in [0.05, 0.1) is 13.3 Å². The topological polar surface area (TPSA) is 115 Å². The van der Waals surface area contributed by atoms with Crippen LogP contribution in [0.25, 0.3) is 5.69 Å². The van der Waals surface area contributed by atoms with Crippen LogP contribution in [0.3, 0.4) is 0 Å². The zero-order valence-electron chi connectivity index (χ0n) is 20.3. The average molecular weight is 484 g/mol. The van der Waals surface area contributed by atoms with E-state index in [2.05, 4.69) is 49.8 Å². The summed E-state index contributed by atoms with van der Waals surface area (Å²) in [5.41, 5.74) is 0.624. The molecule has 35 heavy (non-hydrogen) atoms. The molecule has 3 aromatic rings. The molecule has 0 saturated carbocycles. The van der Waals surface area contributed by atoms with Crippen LogP contribution >= 0.6 is 0 Å². The van der Waals surface area contributed by atoms with E-state index >= 15 is 0 Å². The molecule has 0 bridgehead atoms. The molecule has 5 rings (SSSR count). The number of benzene rings is 1. The Balaban J connectivity index is 1.37. The average Bonchev–Trinajstić information content (AvgIpc) is 3.43. The van der Waals surface area contributed by atoms with Crippen molar-refractivity contribution in [1.82, 2.24) is 34.7 Å². The Morgan fingerprint density at radius 2 is 2.09 bits per heavy atom. The van der Waals surface area contributed by atoms with Crippen molar-refractivity contribution in [2.45, 2.75) is 57.2 Å². The van der Waals surface area contributed by atoms with Crippen molar-refractivity contribution in [3.63, 3.8) is 0 Å². The van der Waals surface area contributed by atoms with E-state index in [0.717, 1.165) is 34.9 Å². The van der Waals surface area contributed by atoms with Gasteiger partial charge in [-0.1, -0.05) is 0 Å². The van der Waals surface area contributed by atoms with Gasteiger partial charge in [0.25, 0.3) is 0 Å². The fraction of sp³-hybridized carbons (Fsp3) is 0.522. The number of piperidine rings is 1. The lowest BCUT2D eigenvalue weighted by atomic mass is 9.84. The molecule has 2 aliphatic rings. The third kappa shape index (κ3) is 4.45. The zero-order chi connectivity index (χ0) is 24.7. The number of nitrogens with one attached hydrogen (secondary N) is 2. The largest absolute Gasteiger partial charge is 0.494 e. The number of anilines is 3. The number of ether oxygens (including phenoxy) is 1. The lowest BCUT2D eigenvalue weighted by Gasteiger charge is -2.47. The number of hydrogen-bond donors (Lipinski definition) is 2. The Hall–Kier alpha value is -3.54. The highest BCUT2D eigenvalue weighted by atomic mass is 19.1. The van der Waals surface area contributed by atoms with Crippen LogP contribution in [0.1, 0.15) is 39.5 Å². The predicted molar refractivity (Wildman–Crippen MR) is 129 cm³/mol. The molecular formula is C23H30FN9O2. The summed E-state index contributed by atoms with van der Waals surface area (Å²) in [6.45, 7) is 5.64. The van der Waals surface area contributed by atoms with Crippen molar-refractivity contribution < 1.29 is 9.13 Å². The van der Waals surface area contributed by atoms with Gasteiger partial charge in [0.15, 0.2) is 11.6 Å². The molecule has 2 aromatic heterocycles. The molecule has 0 spiro atoms. The smallest absolute Gasteiger partial charge is 0.368 e. The van der Waals surface area contributed by atoms with Crippen LogP contribution in [0.15, 0.2) is 29.2 Å². The van der Waals surface area contributed by atoms with Gasteiger partial charge in [0.1, 0.15) is 11.4 Å². The molecule has 0 radical (unpaired) electrons. The number of nitrogens with zero attached hydrogens (tertiary/aromatic N) is 7. The van der Waals surface area contributed by atoms with Gasteiger partial charge in [-0.3, -0.25) is 4.90 Å². The van der Waals surface area contributed by atoms with Crippen LogP contribution in [0.2, 0.25) is 0 Å². The molecule has 0 amide bonds. The fourth-order valence-corrected chi connectivity index (χ4v) is 5.37. The maximum atomic E-state index is 14.7. The highest BCUT2D eigenvalue weighted by Gasteiger charge is 2.43. The first-order chi connectivity index (χ1) is 16.7. The van der Waals surface area contributed by atoms with Crippen LogP contribution < -0.4 is 21.1 Å². The first-order valence-corrected chi connectivity index (χ1v) is 11.8. The molecule has 0 unspecified atom stereocenters. The summed E-state index contributed by atoms with van der Waals surface area (Å²) in [6, 6.07) is 5.76. The number of fused-ring (bicyclic) bond motifs is 1. The highest BCUT2D eigenvalue weighted by Crippen LogP contribution is 2.38. The van der Waals surface area contributed by atoms with Gasteiger partial charge in [-0.05, 0) is 74.7 Å². The Labute approximate surface area is 202 Å². The summed E-state index contributed by atoms with van der Waals surface area (Å²) >= 11 is 0. The van der Waals surface area contributed by atoms with Gasteiger partial charge in [-0.25, -0.2) is 14.2 Å². The summed E-state index contributed by atoms with van der Waals surface area (Å²) in [6.07, 6.45) is 5.41. The van der Waals surface area contributed by atoms with Gasteiger partial charge in [0, 0.05) is 30.4 Å². The van der Waals surface area contributed by atoms with E-state index < -0.39 is 11.5 Å². The summed E-state index contributed by atoms with van der Waals surface area (Å²) < 4.78 is 22.3. The van der Waals surface area contributed by atoms with E-state index in [1.165, 1.54) is 27.0 Å². The quantitative estimate of drug-likeness (QED) is 0.546. The van der Waals surface area contributed by atoms with E-state index in [1.807, 2.05) is 0 Å². The molecule has 2 atom stereocenters. The van der Waals surface area contributed by atoms with Gasteiger partial charge in [-0.15, -0.1) is 0 Å². The number of rotatable bonds is 6. The number of aromatic nitrogens is 6. The number of hydrogen-bond acceptors (Lipinski definition) is 9. The maximum absolute atomic E-state index is 14.7. The zero-order valence-corrected chi connectivity index (χ0v) is 20.3. The van der Waals surface area contributed by atoms with Crippen molar-refractivity contribution in [2.75, 3.05) is 24.3 Å². The molecule has 2 aliphatic heterocycles. The van der Waals surface area contributed by atoms with E-state index in [1.54, 1.807) is 18.2 Å². The van der Waals surface area contributed by atoms with Gasteiger partial charge < -0.3 is 15.4 Å². The van der Waals surface area contributed by atoms with Crippen LogP contribution in [0, 0.1) is 5.82 Å². The molecule has 2 fully saturated rings. The third-order valence-corrected chi connectivity index (χ3v) is 6.93. The summed E-state index contributed by atoms with van der Waals surface area (Å²) in [4.78, 5) is 23.4. The van der Waals surface area contributed by atoms with Gasteiger partial charge >= 0.3 is 5.69 Å². The number of tetrazole rings is 1. The van der Waals surface area contributed by atoms with Crippen LogP contribution in [-0.2, 0) is 7.05 Å². The number of aryl methyl sites for hydroxylation is 1. The number of halogens is 1. The van der Waals surface area contributed by atoms with Crippen molar-refractivity contribution >= 4 is 17.5 Å². The molecule has 186 valence electrons. The Bertz CT molecular complexity index is 1290. The molecule has 4 heterocycles. The van der Waals surface area contributed by atoms with Crippen LogP contribution in [0.5, 0.6) is 5.75 Å². The van der Waals surface area contributed by atoms with Crippen molar-refractivity contribution in [2.24, 2.45) is 7.05 Å². The number of methoxy groups -OCH3 is 1. The van der Waals surface area contributed by atoms with E-state index in [-0.39, 0.29) is 23.3 Å². The molecule has 1 aromatic carbocycles. The minimum atomic E-state index is -0.497. The normalized spacial score (nSPS) is 21.5. The standard InChI is InChI=1S/C23H30FN9O2/c1-23(2)12-15(10-16-6-5-9-32(16)23)26-20-17(24)13-25-21(28-20)27-14-7-8-19(35-4)18(11-14)33-22(34)31(3)29-30-33/h7-8,11,13,15-16H,5-6,9-10,12H2,1-4H3,(H2,25,26,27,28)/t15-,16+/m1/s1. The molecule has 2 saturated heterocycles. The lowest BCUT2D eigenvalue weighted by Crippen LogP contribution is -2.55. The molecule has 12 heteroatoms. The van der Waals surface area contributed by atoms with Gasteiger partial charge in [-0.2, -0.15) is 14.3 Å². The molecule has 0 aliphatic carbocycles. The Morgan fingerprint density at radius 1 is 1.26 bits per heavy atom. The summed E-state index contributed by atoms with van der Waals surface area (Å²) in [5, 5.41) is 14.1. The van der Waals surface area contributed by atoms with E-state index in [4.69, 9.17) is 4.74 Å². The maximum Gasteiger partial charge on any atom is 0.368 e. The monoisotopic (exact) mass is 483 g/mol. The van der Waals surface area contributed by atoms with E-state index in [9.17, 15) is 9.18 Å². The fourth-order valence-electron chi connectivity index (χ4n) is 5.37. The minimum absolute atomic E-state index is 0.0551. The first kappa shape index (κ1) is 23.2. The SMILES string of the molecule is COc1ccc(Nc2ncc(F)c(N[C@@H]3C[C@@H]4CCCN4C(C)(C)C3)n2)cc1-n1nnn(C)c1=O. The van der Waals surface area contributed by atoms with E-state index in [0.29, 0.717) is 23.2 Å².